The molecule has 1 atom stereocenters. The zero-order valence-electron chi connectivity index (χ0n) is 12.4. The third-order valence-electron chi connectivity index (χ3n) is 4.02. The topological polar surface area (TPSA) is 25.2 Å². The highest BCUT2D eigenvalue weighted by molar-refractivity contribution is 7.99. The van der Waals surface area contributed by atoms with Gasteiger partial charge in [-0.3, -0.25) is 4.79 Å². The lowest BCUT2D eigenvalue weighted by Gasteiger charge is -2.34. The molecule has 0 saturated carbocycles. The number of aromatic nitrogens is 1. The van der Waals surface area contributed by atoms with Crippen LogP contribution in [0.2, 0.25) is 0 Å². The molecule has 1 aromatic carbocycles. The van der Waals surface area contributed by atoms with Crippen LogP contribution in [0.4, 0.5) is 0 Å². The molecule has 0 spiro atoms. The summed E-state index contributed by atoms with van der Waals surface area (Å²) in [5, 5.41) is 2.21. The van der Waals surface area contributed by atoms with E-state index in [-0.39, 0.29) is 11.2 Å². The SMILES string of the molecule is CN(C)CC1(C)CSc2c(c3ccccc3n2C)C1=O. The van der Waals surface area contributed by atoms with E-state index in [1.54, 1.807) is 0 Å². The van der Waals surface area contributed by atoms with Gasteiger partial charge in [-0.25, -0.2) is 0 Å². The summed E-state index contributed by atoms with van der Waals surface area (Å²) in [5.41, 5.74) is 1.77. The van der Waals surface area contributed by atoms with Gasteiger partial charge in [-0.1, -0.05) is 25.1 Å². The number of nitrogens with zero attached hydrogens (tertiary/aromatic N) is 2. The summed E-state index contributed by atoms with van der Waals surface area (Å²) in [6.07, 6.45) is 0. The molecule has 3 nitrogen and oxygen atoms in total. The number of para-hydroxylation sites is 1. The highest BCUT2D eigenvalue weighted by Gasteiger charge is 2.41. The number of carbonyl (C=O) groups excluding carboxylic acids is 1. The van der Waals surface area contributed by atoms with E-state index in [0.29, 0.717) is 0 Å². The molecule has 1 aromatic heterocycles. The van der Waals surface area contributed by atoms with Crippen LogP contribution in [0.15, 0.2) is 29.3 Å². The molecule has 20 heavy (non-hydrogen) atoms. The highest BCUT2D eigenvalue weighted by Crippen LogP contribution is 2.44. The Labute approximate surface area is 123 Å². The minimum Gasteiger partial charge on any atom is -0.338 e. The fourth-order valence-electron chi connectivity index (χ4n) is 3.17. The molecular formula is C16H20N2OS. The van der Waals surface area contributed by atoms with Gasteiger partial charge in [-0.05, 0) is 20.2 Å². The molecule has 0 radical (unpaired) electrons. The van der Waals surface area contributed by atoms with Gasteiger partial charge < -0.3 is 9.47 Å². The average molecular weight is 288 g/mol. The van der Waals surface area contributed by atoms with Gasteiger partial charge in [0, 0.05) is 30.2 Å². The summed E-state index contributed by atoms with van der Waals surface area (Å²) < 4.78 is 2.16. The number of Topliss-reactive ketones (excluding diaryl/α,β-unsaturated/α-hetero) is 1. The summed E-state index contributed by atoms with van der Waals surface area (Å²) in [5.74, 6) is 1.14. The van der Waals surface area contributed by atoms with Crippen molar-refractivity contribution < 1.29 is 4.79 Å². The predicted octanol–water partition coefficient (Wildman–Crippen LogP) is 3.03. The number of benzene rings is 1. The Hall–Kier alpha value is -1.26. The summed E-state index contributed by atoms with van der Waals surface area (Å²) >= 11 is 1.81. The number of hydrogen-bond acceptors (Lipinski definition) is 3. The minimum atomic E-state index is -0.300. The number of fused-ring (bicyclic) bond motifs is 3. The van der Waals surface area contributed by atoms with E-state index < -0.39 is 0 Å². The number of thioether (sulfide) groups is 1. The van der Waals surface area contributed by atoms with Crippen molar-refractivity contribution in [3.63, 3.8) is 0 Å². The van der Waals surface area contributed by atoms with Crippen molar-refractivity contribution in [3.8, 4) is 0 Å². The molecule has 0 aliphatic carbocycles. The molecule has 106 valence electrons. The van der Waals surface area contributed by atoms with Gasteiger partial charge in [0.15, 0.2) is 5.78 Å². The summed E-state index contributed by atoms with van der Waals surface area (Å²) in [6.45, 7) is 2.88. The van der Waals surface area contributed by atoms with Crippen LogP contribution in [0, 0.1) is 5.41 Å². The van der Waals surface area contributed by atoms with Gasteiger partial charge in [0.05, 0.1) is 16.0 Å². The van der Waals surface area contributed by atoms with Crippen molar-refractivity contribution in [1.29, 1.82) is 0 Å². The highest BCUT2D eigenvalue weighted by atomic mass is 32.2. The van der Waals surface area contributed by atoms with Crippen molar-refractivity contribution in [2.45, 2.75) is 11.9 Å². The molecule has 0 fully saturated rings. The minimum absolute atomic E-state index is 0.289. The molecule has 4 heteroatoms. The molecule has 1 aliphatic heterocycles. The maximum absolute atomic E-state index is 13.0. The fourth-order valence-corrected chi connectivity index (χ4v) is 4.49. The molecule has 0 bridgehead atoms. The van der Waals surface area contributed by atoms with Gasteiger partial charge in [-0.15, -0.1) is 11.8 Å². The molecule has 2 heterocycles. The summed E-state index contributed by atoms with van der Waals surface area (Å²) in [6, 6.07) is 8.19. The third kappa shape index (κ3) is 1.90. The Bertz CT molecular complexity index is 689. The molecule has 3 rings (SSSR count). The molecule has 1 unspecified atom stereocenters. The Balaban J connectivity index is 2.18. The van der Waals surface area contributed by atoms with Crippen LogP contribution in [0.25, 0.3) is 10.9 Å². The second-order valence-corrected chi connectivity index (χ2v) is 7.14. The first-order chi connectivity index (χ1) is 9.44. The number of ketones is 1. The fraction of sp³-hybridized carbons (Fsp3) is 0.438. The van der Waals surface area contributed by atoms with Crippen LogP contribution in [0.1, 0.15) is 17.3 Å². The average Bonchev–Trinajstić information content (AvgIpc) is 2.68. The van der Waals surface area contributed by atoms with E-state index in [9.17, 15) is 4.79 Å². The van der Waals surface area contributed by atoms with E-state index in [1.807, 2.05) is 38.0 Å². The largest absolute Gasteiger partial charge is 0.338 e. The van der Waals surface area contributed by atoms with Crippen molar-refractivity contribution in [3.05, 3.63) is 29.8 Å². The number of rotatable bonds is 2. The normalized spacial score (nSPS) is 22.6. The maximum Gasteiger partial charge on any atom is 0.174 e. The van der Waals surface area contributed by atoms with Crippen molar-refractivity contribution in [2.75, 3.05) is 26.4 Å². The van der Waals surface area contributed by atoms with Gasteiger partial charge in [0.1, 0.15) is 0 Å². The lowest BCUT2D eigenvalue weighted by Crippen LogP contribution is -2.42. The second-order valence-electron chi connectivity index (χ2n) is 6.17. The zero-order valence-corrected chi connectivity index (χ0v) is 13.3. The van der Waals surface area contributed by atoms with Crippen LogP contribution in [0.3, 0.4) is 0 Å². The third-order valence-corrected chi connectivity index (χ3v) is 5.55. The lowest BCUT2D eigenvalue weighted by atomic mass is 9.83. The van der Waals surface area contributed by atoms with E-state index in [2.05, 4.69) is 35.6 Å². The Morgan fingerprint density at radius 1 is 1.35 bits per heavy atom. The first-order valence-electron chi connectivity index (χ1n) is 6.84. The van der Waals surface area contributed by atoms with Crippen molar-refractivity contribution in [2.24, 2.45) is 12.5 Å². The summed E-state index contributed by atoms with van der Waals surface area (Å²) in [4.78, 5) is 15.2. The van der Waals surface area contributed by atoms with Crippen LogP contribution >= 0.6 is 11.8 Å². The van der Waals surface area contributed by atoms with Gasteiger partial charge in [0.2, 0.25) is 0 Å². The smallest absolute Gasteiger partial charge is 0.174 e. The summed E-state index contributed by atoms with van der Waals surface area (Å²) in [7, 11) is 6.11. The monoisotopic (exact) mass is 288 g/mol. The Morgan fingerprint density at radius 3 is 2.75 bits per heavy atom. The van der Waals surface area contributed by atoms with E-state index >= 15 is 0 Å². The molecule has 2 aromatic rings. The molecule has 0 amide bonds. The maximum atomic E-state index is 13.0. The van der Waals surface area contributed by atoms with Gasteiger partial charge in [-0.2, -0.15) is 0 Å². The number of hydrogen-bond donors (Lipinski definition) is 0. The van der Waals surface area contributed by atoms with Gasteiger partial charge in [0.25, 0.3) is 0 Å². The van der Waals surface area contributed by atoms with E-state index in [0.717, 1.165) is 33.8 Å². The Morgan fingerprint density at radius 2 is 2.05 bits per heavy atom. The van der Waals surface area contributed by atoms with E-state index in [1.165, 1.54) is 0 Å². The number of aryl methyl sites for hydroxylation is 1. The van der Waals surface area contributed by atoms with Crippen molar-refractivity contribution >= 4 is 28.4 Å². The lowest BCUT2D eigenvalue weighted by molar-refractivity contribution is 0.0797. The first kappa shape index (κ1) is 13.7. The van der Waals surface area contributed by atoms with Crippen LogP contribution in [-0.2, 0) is 7.05 Å². The molecule has 1 aliphatic rings. The van der Waals surface area contributed by atoms with E-state index in [4.69, 9.17) is 0 Å². The first-order valence-corrected chi connectivity index (χ1v) is 7.82. The standard InChI is InChI=1S/C16H20N2OS/c1-16(9-17(2)3)10-20-15-13(14(16)19)11-7-5-6-8-12(11)18(15)4/h5-8H,9-10H2,1-4H3. The second kappa shape index (κ2) is 4.64. The quantitative estimate of drug-likeness (QED) is 0.849. The van der Waals surface area contributed by atoms with Crippen LogP contribution in [0.5, 0.6) is 0 Å². The predicted molar refractivity (Wildman–Crippen MR) is 84.6 cm³/mol. The zero-order chi connectivity index (χ0) is 14.5. The van der Waals surface area contributed by atoms with Crippen LogP contribution < -0.4 is 0 Å². The molecular weight excluding hydrogens is 268 g/mol. The van der Waals surface area contributed by atoms with Crippen molar-refractivity contribution in [1.82, 2.24) is 9.47 Å². The molecule has 0 saturated heterocycles. The van der Waals surface area contributed by atoms with Crippen LogP contribution in [-0.4, -0.2) is 41.6 Å². The molecule has 0 N–H and O–H groups in total. The number of carbonyl (C=O) groups is 1. The Kier molecular flexibility index (Phi) is 3.18. The van der Waals surface area contributed by atoms with Gasteiger partial charge >= 0.3 is 0 Å².